The lowest BCUT2D eigenvalue weighted by Gasteiger charge is -2.35. The number of nitrogens with zero attached hydrogens (tertiary/aromatic N) is 6. The monoisotopic (exact) mass is 460 g/mol. The maximum atomic E-state index is 13.9. The van der Waals surface area contributed by atoms with Gasteiger partial charge in [0, 0.05) is 37.4 Å². The van der Waals surface area contributed by atoms with Gasteiger partial charge >= 0.3 is 6.18 Å². The van der Waals surface area contributed by atoms with E-state index in [0.717, 1.165) is 6.20 Å². The van der Waals surface area contributed by atoms with E-state index >= 15 is 0 Å². The van der Waals surface area contributed by atoms with E-state index in [-0.39, 0.29) is 23.8 Å². The van der Waals surface area contributed by atoms with Gasteiger partial charge in [0.05, 0.1) is 29.1 Å². The third kappa shape index (κ3) is 4.24. The second kappa shape index (κ2) is 8.51. The number of pyridine rings is 1. The van der Waals surface area contributed by atoms with Crippen molar-refractivity contribution in [1.29, 1.82) is 5.26 Å². The molecule has 0 saturated carbocycles. The molecule has 0 aliphatic carbocycles. The van der Waals surface area contributed by atoms with Crippen molar-refractivity contribution in [3.63, 3.8) is 0 Å². The summed E-state index contributed by atoms with van der Waals surface area (Å²) in [4.78, 5) is 20.5. The molecule has 2 aromatic heterocycles. The highest BCUT2D eigenvalue weighted by atomic mass is 35.5. The largest absolute Gasteiger partial charge is 0.434 e. The number of nitriles is 1. The topological polar surface area (TPSA) is 78.1 Å². The predicted molar refractivity (Wildman–Crippen MR) is 111 cm³/mol. The standard InChI is InChI=1S/C21H16ClF3N6O/c22-15-2-1-3-16(11-15)31-19(21(23,24)25)17(13-28-31)20(32)30-8-6-29(7-9-30)18-10-14(12-26)4-5-27-18/h1-5,10-11,13H,6-9H2. The highest BCUT2D eigenvalue weighted by Crippen LogP contribution is 2.34. The van der Waals surface area contributed by atoms with E-state index in [1.807, 2.05) is 11.0 Å². The molecule has 1 saturated heterocycles. The summed E-state index contributed by atoms with van der Waals surface area (Å²) >= 11 is 5.91. The Kier molecular flexibility index (Phi) is 5.76. The van der Waals surface area contributed by atoms with Crippen molar-refractivity contribution < 1.29 is 18.0 Å². The lowest BCUT2D eigenvalue weighted by Crippen LogP contribution is -2.49. The van der Waals surface area contributed by atoms with E-state index in [0.29, 0.717) is 29.2 Å². The number of hydrogen-bond donors (Lipinski definition) is 0. The van der Waals surface area contributed by atoms with Crippen LogP contribution in [0.25, 0.3) is 5.69 Å². The minimum Gasteiger partial charge on any atom is -0.353 e. The summed E-state index contributed by atoms with van der Waals surface area (Å²) in [5.41, 5.74) is -1.10. The fraction of sp³-hybridized carbons (Fsp3) is 0.238. The highest BCUT2D eigenvalue weighted by molar-refractivity contribution is 6.30. The van der Waals surface area contributed by atoms with Gasteiger partial charge in [-0.15, -0.1) is 0 Å². The van der Waals surface area contributed by atoms with Gasteiger partial charge in [-0.1, -0.05) is 17.7 Å². The van der Waals surface area contributed by atoms with Gasteiger partial charge in [-0.05, 0) is 30.3 Å². The number of carbonyl (C=O) groups excluding carboxylic acids is 1. The normalized spacial score (nSPS) is 14.3. The first-order chi connectivity index (χ1) is 15.3. The van der Waals surface area contributed by atoms with Crippen molar-refractivity contribution in [2.75, 3.05) is 31.1 Å². The van der Waals surface area contributed by atoms with Crippen LogP contribution in [-0.4, -0.2) is 51.8 Å². The van der Waals surface area contributed by atoms with Crippen molar-refractivity contribution in [2.45, 2.75) is 6.18 Å². The molecule has 1 fully saturated rings. The average Bonchev–Trinajstić information content (AvgIpc) is 3.25. The molecule has 32 heavy (non-hydrogen) atoms. The van der Waals surface area contributed by atoms with Gasteiger partial charge in [-0.2, -0.15) is 23.5 Å². The molecule has 0 radical (unpaired) electrons. The van der Waals surface area contributed by atoms with Gasteiger partial charge in [0.25, 0.3) is 5.91 Å². The maximum Gasteiger partial charge on any atom is 0.434 e. The average molecular weight is 461 g/mol. The lowest BCUT2D eigenvalue weighted by molar-refractivity contribution is -0.143. The summed E-state index contributed by atoms with van der Waals surface area (Å²) in [5, 5.41) is 13.1. The molecule has 3 heterocycles. The molecule has 1 aliphatic rings. The Morgan fingerprint density at radius 1 is 1.12 bits per heavy atom. The first-order valence-electron chi connectivity index (χ1n) is 9.59. The molecule has 0 bridgehead atoms. The molecule has 7 nitrogen and oxygen atoms in total. The van der Waals surface area contributed by atoms with Crippen LogP contribution in [0.5, 0.6) is 0 Å². The third-order valence-corrected chi connectivity index (χ3v) is 5.32. The fourth-order valence-corrected chi connectivity index (χ4v) is 3.74. The van der Waals surface area contributed by atoms with Crippen LogP contribution in [0.15, 0.2) is 48.8 Å². The van der Waals surface area contributed by atoms with E-state index in [2.05, 4.69) is 10.1 Å². The molecular formula is C21H16ClF3N6O. The number of halogens is 4. The SMILES string of the molecule is N#Cc1ccnc(N2CCN(C(=O)c3cnn(-c4cccc(Cl)c4)c3C(F)(F)F)CC2)c1. The number of aromatic nitrogens is 3. The second-order valence-electron chi connectivity index (χ2n) is 7.09. The lowest BCUT2D eigenvalue weighted by atomic mass is 10.1. The number of hydrogen-bond acceptors (Lipinski definition) is 5. The van der Waals surface area contributed by atoms with E-state index in [1.165, 1.54) is 35.4 Å². The molecular weight excluding hydrogens is 445 g/mol. The second-order valence-corrected chi connectivity index (χ2v) is 7.53. The summed E-state index contributed by atoms with van der Waals surface area (Å²) in [6.45, 7) is 1.16. The minimum absolute atomic E-state index is 0.108. The first kappa shape index (κ1) is 21.6. The molecule has 1 amide bonds. The molecule has 4 rings (SSSR count). The quantitative estimate of drug-likeness (QED) is 0.594. The number of anilines is 1. The molecule has 0 spiro atoms. The van der Waals surface area contributed by atoms with Crippen LogP contribution in [0.3, 0.4) is 0 Å². The fourth-order valence-electron chi connectivity index (χ4n) is 3.55. The van der Waals surface area contributed by atoms with Crippen LogP contribution in [0.2, 0.25) is 5.02 Å². The van der Waals surface area contributed by atoms with Gasteiger partial charge in [-0.25, -0.2) is 9.67 Å². The Bertz CT molecular complexity index is 1190. The Hall–Kier alpha value is -3.58. The minimum atomic E-state index is -4.80. The van der Waals surface area contributed by atoms with Gasteiger partial charge in [0.1, 0.15) is 5.82 Å². The molecule has 0 N–H and O–H groups in total. The Labute approximate surface area is 186 Å². The number of alkyl halides is 3. The van der Waals surface area contributed by atoms with Crippen molar-refractivity contribution in [1.82, 2.24) is 19.7 Å². The van der Waals surface area contributed by atoms with Crippen LogP contribution in [-0.2, 0) is 6.18 Å². The van der Waals surface area contributed by atoms with Gasteiger partial charge in [0.15, 0.2) is 5.69 Å². The van der Waals surface area contributed by atoms with E-state index in [1.54, 1.807) is 12.1 Å². The van der Waals surface area contributed by atoms with Crippen LogP contribution >= 0.6 is 11.6 Å². The van der Waals surface area contributed by atoms with Gasteiger partial charge in [0.2, 0.25) is 0 Å². The molecule has 0 atom stereocenters. The number of carbonyl (C=O) groups is 1. The van der Waals surface area contributed by atoms with Crippen LogP contribution in [0.1, 0.15) is 21.6 Å². The van der Waals surface area contributed by atoms with E-state index < -0.39 is 23.3 Å². The summed E-state index contributed by atoms with van der Waals surface area (Å²) < 4.78 is 42.4. The Morgan fingerprint density at radius 2 is 1.88 bits per heavy atom. The predicted octanol–water partition coefficient (Wildman–Crippen LogP) is 3.77. The van der Waals surface area contributed by atoms with E-state index in [9.17, 15) is 18.0 Å². The maximum absolute atomic E-state index is 13.9. The number of rotatable bonds is 3. The van der Waals surface area contributed by atoms with Gasteiger partial charge < -0.3 is 9.80 Å². The Balaban J connectivity index is 1.57. The molecule has 3 aromatic rings. The third-order valence-electron chi connectivity index (χ3n) is 5.09. The smallest absolute Gasteiger partial charge is 0.353 e. The van der Waals surface area contributed by atoms with Crippen molar-refractivity contribution >= 4 is 23.3 Å². The summed E-state index contributed by atoms with van der Waals surface area (Å²) in [7, 11) is 0. The first-order valence-corrected chi connectivity index (χ1v) is 9.97. The molecule has 164 valence electrons. The summed E-state index contributed by atoms with van der Waals surface area (Å²) in [6, 6.07) is 11.1. The molecule has 1 aliphatic heterocycles. The number of amides is 1. The van der Waals surface area contributed by atoms with Crippen molar-refractivity contribution in [3.05, 3.63) is 70.6 Å². The molecule has 0 unspecified atom stereocenters. The summed E-state index contributed by atoms with van der Waals surface area (Å²) in [5.74, 6) is -0.162. The number of benzene rings is 1. The van der Waals surface area contributed by atoms with Crippen LogP contribution in [0, 0.1) is 11.3 Å². The zero-order valence-corrected chi connectivity index (χ0v) is 17.3. The van der Waals surface area contributed by atoms with Gasteiger partial charge in [-0.3, -0.25) is 4.79 Å². The highest BCUT2D eigenvalue weighted by Gasteiger charge is 2.41. The molecule has 11 heteroatoms. The molecule has 1 aromatic carbocycles. The van der Waals surface area contributed by atoms with Crippen molar-refractivity contribution in [2.24, 2.45) is 0 Å². The summed E-state index contributed by atoms with van der Waals surface area (Å²) in [6.07, 6.45) is -2.34. The zero-order valence-electron chi connectivity index (χ0n) is 16.6. The Morgan fingerprint density at radius 3 is 2.53 bits per heavy atom. The van der Waals surface area contributed by atoms with Crippen molar-refractivity contribution in [3.8, 4) is 11.8 Å². The zero-order chi connectivity index (χ0) is 22.9. The van der Waals surface area contributed by atoms with Crippen LogP contribution in [0.4, 0.5) is 19.0 Å². The number of piperazine rings is 1. The van der Waals surface area contributed by atoms with E-state index in [4.69, 9.17) is 16.9 Å². The van der Waals surface area contributed by atoms with Crippen LogP contribution < -0.4 is 4.90 Å².